The number of nitrogens with one attached hydrogen (secondary N) is 1. The average molecular weight is 484 g/mol. The molecule has 1 N–H and O–H groups in total. The molecule has 0 unspecified atom stereocenters. The van der Waals surface area contributed by atoms with Crippen LogP contribution in [0.25, 0.3) is 22.5 Å². The molecule has 3 aromatic carbocycles. The highest BCUT2D eigenvalue weighted by atomic mass is 35.5. The van der Waals surface area contributed by atoms with E-state index in [2.05, 4.69) is 28.1 Å². The van der Waals surface area contributed by atoms with Gasteiger partial charge in [0, 0.05) is 21.8 Å². The second-order valence-electron chi connectivity index (χ2n) is 8.50. The van der Waals surface area contributed by atoms with Gasteiger partial charge in [-0.1, -0.05) is 54.1 Å². The number of fused-ring (bicyclic) bond motifs is 1. The summed E-state index contributed by atoms with van der Waals surface area (Å²) in [6.07, 6.45) is 1.54. The van der Waals surface area contributed by atoms with Crippen molar-refractivity contribution in [2.24, 2.45) is 0 Å². The molecule has 4 amide bonds. The summed E-state index contributed by atoms with van der Waals surface area (Å²) in [5, 5.41) is 4.91. The van der Waals surface area contributed by atoms with Gasteiger partial charge in [0.15, 0.2) is 0 Å². The average Bonchev–Trinajstić information content (AvgIpc) is 3.11. The standard InChI is InChI=1S/C28H22ClN3O3/c1-16-14-20(18(3)31(16)25-13-6-9-19-8-4-5-10-21(19)25)15-22-26(33)30-28(35)32(27(22)34)24-12-7-11-23(29)17(24)2/h4-15H,1-3H3,(H,30,33,35)/b22-15+. The van der Waals surface area contributed by atoms with E-state index < -0.39 is 17.8 Å². The number of urea groups is 1. The lowest BCUT2D eigenvalue weighted by molar-refractivity contribution is -0.122. The Hall–Kier alpha value is -4.16. The van der Waals surface area contributed by atoms with E-state index in [1.807, 2.05) is 44.2 Å². The number of imide groups is 2. The van der Waals surface area contributed by atoms with Gasteiger partial charge in [-0.25, -0.2) is 9.69 Å². The molecule has 35 heavy (non-hydrogen) atoms. The second-order valence-corrected chi connectivity index (χ2v) is 8.91. The molecule has 0 atom stereocenters. The largest absolute Gasteiger partial charge is 0.335 e. The van der Waals surface area contributed by atoms with E-state index in [0.29, 0.717) is 21.8 Å². The third kappa shape index (κ3) is 3.72. The Morgan fingerprint density at radius 3 is 2.34 bits per heavy atom. The number of aromatic nitrogens is 1. The summed E-state index contributed by atoms with van der Waals surface area (Å²) in [4.78, 5) is 39.7. The lowest BCUT2D eigenvalue weighted by Crippen LogP contribution is -2.54. The van der Waals surface area contributed by atoms with Gasteiger partial charge in [0.2, 0.25) is 0 Å². The van der Waals surface area contributed by atoms with Crippen molar-refractivity contribution < 1.29 is 14.4 Å². The van der Waals surface area contributed by atoms with Gasteiger partial charge in [-0.15, -0.1) is 0 Å². The maximum atomic E-state index is 13.4. The van der Waals surface area contributed by atoms with Crippen molar-refractivity contribution in [2.45, 2.75) is 20.8 Å². The highest BCUT2D eigenvalue weighted by Crippen LogP contribution is 2.31. The Kier molecular flexibility index (Phi) is 5.53. The molecule has 1 saturated heterocycles. The van der Waals surface area contributed by atoms with Crippen LogP contribution in [0.5, 0.6) is 0 Å². The normalized spacial score (nSPS) is 15.3. The third-order valence-electron chi connectivity index (χ3n) is 6.36. The van der Waals surface area contributed by atoms with Gasteiger partial charge in [0.05, 0.1) is 11.4 Å². The highest BCUT2D eigenvalue weighted by Gasteiger charge is 2.37. The molecule has 1 aliphatic heterocycles. The molecule has 0 radical (unpaired) electrons. The molecule has 0 spiro atoms. The van der Waals surface area contributed by atoms with Gasteiger partial charge in [0.1, 0.15) is 5.57 Å². The number of carbonyl (C=O) groups excluding carboxylic acids is 3. The predicted molar refractivity (Wildman–Crippen MR) is 138 cm³/mol. The van der Waals surface area contributed by atoms with E-state index in [9.17, 15) is 14.4 Å². The first kappa shape index (κ1) is 22.6. The molecule has 6 nitrogen and oxygen atoms in total. The van der Waals surface area contributed by atoms with Gasteiger partial charge in [-0.05, 0) is 67.6 Å². The number of aryl methyl sites for hydroxylation is 1. The minimum absolute atomic E-state index is 0.123. The summed E-state index contributed by atoms with van der Waals surface area (Å²) in [6.45, 7) is 5.64. The van der Waals surface area contributed by atoms with Crippen molar-refractivity contribution in [1.82, 2.24) is 9.88 Å². The number of carbonyl (C=O) groups is 3. The zero-order chi connectivity index (χ0) is 24.9. The number of nitrogens with zero attached hydrogens (tertiary/aromatic N) is 2. The summed E-state index contributed by atoms with van der Waals surface area (Å²) in [7, 11) is 0. The molecule has 0 bridgehead atoms. The summed E-state index contributed by atoms with van der Waals surface area (Å²) in [5.41, 5.74) is 4.32. The molecule has 0 aliphatic carbocycles. The van der Waals surface area contributed by atoms with Crippen LogP contribution in [-0.4, -0.2) is 22.4 Å². The Balaban J connectivity index is 1.61. The molecule has 0 saturated carbocycles. The summed E-state index contributed by atoms with van der Waals surface area (Å²) in [6, 6.07) is 20.3. The smallest absolute Gasteiger partial charge is 0.317 e. The molecule has 1 aliphatic rings. The van der Waals surface area contributed by atoms with E-state index in [1.165, 1.54) is 0 Å². The lowest BCUT2D eigenvalue weighted by Gasteiger charge is -2.27. The Bertz CT molecular complexity index is 1580. The Morgan fingerprint density at radius 1 is 0.857 bits per heavy atom. The Labute approximate surface area is 207 Å². The summed E-state index contributed by atoms with van der Waals surface area (Å²) < 4.78 is 2.10. The van der Waals surface area contributed by atoms with E-state index in [0.717, 1.165) is 32.7 Å². The molecule has 5 rings (SSSR count). The number of hydrogen-bond acceptors (Lipinski definition) is 3. The number of rotatable bonds is 3. The van der Waals surface area contributed by atoms with Crippen molar-refractivity contribution in [3.8, 4) is 5.69 Å². The van der Waals surface area contributed by atoms with E-state index in [1.54, 1.807) is 31.2 Å². The van der Waals surface area contributed by atoms with Gasteiger partial charge in [-0.2, -0.15) is 0 Å². The van der Waals surface area contributed by atoms with Gasteiger partial charge < -0.3 is 4.57 Å². The first-order valence-corrected chi connectivity index (χ1v) is 11.5. The van der Waals surface area contributed by atoms with Gasteiger partial charge >= 0.3 is 6.03 Å². The molecule has 7 heteroatoms. The van der Waals surface area contributed by atoms with Gasteiger partial charge in [0.25, 0.3) is 11.8 Å². The van der Waals surface area contributed by atoms with Crippen LogP contribution in [0, 0.1) is 20.8 Å². The zero-order valence-corrected chi connectivity index (χ0v) is 20.2. The summed E-state index contributed by atoms with van der Waals surface area (Å²) >= 11 is 6.21. The maximum Gasteiger partial charge on any atom is 0.335 e. The van der Waals surface area contributed by atoms with Crippen molar-refractivity contribution in [2.75, 3.05) is 4.90 Å². The fourth-order valence-corrected chi connectivity index (χ4v) is 4.75. The van der Waals surface area contributed by atoms with Crippen molar-refractivity contribution in [1.29, 1.82) is 0 Å². The van der Waals surface area contributed by atoms with Crippen LogP contribution in [0.1, 0.15) is 22.5 Å². The monoisotopic (exact) mass is 483 g/mol. The summed E-state index contributed by atoms with van der Waals surface area (Å²) in [5.74, 6) is -1.43. The second kappa shape index (κ2) is 8.56. The third-order valence-corrected chi connectivity index (χ3v) is 6.77. The van der Waals surface area contributed by atoms with Crippen LogP contribution < -0.4 is 10.2 Å². The zero-order valence-electron chi connectivity index (χ0n) is 19.4. The Morgan fingerprint density at radius 2 is 1.54 bits per heavy atom. The SMILES string of the molecule is Cc1c(Cl)cccc1N1C(=O)NC(=O)/C(=C\c2cc(C)n(-c3cccc4ccccc34)c2C)C1=O. The van der Waals surface area contributed by atoms with Crippen LogP contribution in [0.4, 0.5) is 10.5 Å². The van der Waals surface area contributed by atoms with E-state index in [-0.39, 0.29) is 5.57 Å². The quantitative estimate of drug-likeness (QED) is 0.292. The van der Waals surface area contributed by atoms with Crippen LogP contribution in [0.15, 0.2) is 72.3 Å². The van der Waals surface area contributed by atoms with Crippen molar-refractivity contribution >= 4 is 52.0 Å². The number of amides is 4. The number of benzene rings is 3. The molecular weight excluding hydrogens is 462 g/mol. The number of halogens is 1. The van der Waals surface area contributed by atoms with E-state index >= 15 is 0 Å². The molecule has 2 heterocycles. The van der Waals surface area contributed by atoms with Crippen LogP contribution >= 0.6 is 11.6 Å². The highest BCUT2D eigenvalue weighted by molar-refractivity contribution is 6.40. The first-order valence-electron chi connectivity index (χ1n) is 11.1. The first-order chi connectivity index (χ1) is 16.8. The molecular formula is C28H22ClN3O3. The van der Waals surface area contributed by atoms with Crippen molar-refractivity contribution in [3.05, 3.63) is 99.8 Å². The number of hydrogen-bond donors (Lipinski definition) is 1. The minimum atomic E-state index is -0.802. The van der Waals surface area contributed by atoms with Crippen molar-refractivity contribution in [3.63, 3.8) is 0 Å². The fourth-order valence-electron chi connectivity index (χ4n) is 4.58. The van der Waals surface area contributed by atoms with Gasteiger partial charge in [-0.3, -0.25) is 14.9 Å². The number of anilines is 1. The van der Waals surface area contributed by atoms with Crippen LogP contribution in [0.2, 0.25) is 5.02 Å². The number of barbiturate groups is 1. The maximum absolute atomic E-state index is 13.4. The fraction of sp³-hybridized carbons (Fsp3) is 0.107. The topological polar surface area (TPSA) is 71.4 Å². The molecule has 1 aromatic heterocycles. The molecule has 1 fully saturated rings. The predicted octanol–water partition coefficient (Wildman–Crippen LogP) is 5.88. The van der Waals surface area contributed by atoms with Crippen LogP contribution in [0.3, 0.4) is 0 Å². The van der Waals surface area contributed by atoms with E-state index in [4.69, 9.17) is 11.6 Å². The molecule has 4 aromatic rings. The minimum Gasteiger partial charge on any atom is -0.317 e. The lowest BCUT2D eigenvalue weighted by atomic mass is 10.1. The van der Waals surface area contributed by atoms with Crippen LogP contribution in [-0.2, 0) is 9.59 Å². The molecule has 174 valence electrons.